The molecular weight excluding hydrogens is 186 g/mol. The Bertz CT molecular complexity index is 271. The van der Waals surface area contributed by atoms with E-state index < -0.39 is 0 Å². The number of benzene rings is 1. The molecule has 1 aromatic rings. The summed E-state index contributed by atoms with van der Waals surface area (Å²) < 4.78 is 0. The van der Waals surface area contributed by atoms with E-state index in [-0.39, 0.29) is 0 Å². The van der Waals surface area contributed by atoms with Gasteiger partial charge in [0.25, 0.3) is 0 Å². The lowest BCUT2D eigenvalue weighted by atomic mass is 10.1. The Labute approximate surface area is 93.3 Å². The first kappa shape index (κ1) is 14.0. The van der Waals surface area contributed by atoms with Crippen LogP contribution in [-0.2, 0) is 6.42 Å². The Morgan fingerprint density at radius 1 is 1.27 bits per heavy atom. The van der Waals surface area contributed by atoms with E-state index >= 15 is 0 Å². The molecule has 0 spiro atoms. The molecule has 86 valence electrons. The van der Waals surface area contributed by atoms with Crippen LogP contribution in [0.4, 0.5) is 0 Å². The average Bonchev–Trinajstić information content (AvgIpc) is 2.21. The standard InChI is InChI=1S/C11H16O.C2H7N/c1-3-4-5-10-8-9(2)6-7-11(10)12;1-3-2/h6-8,12H,3-5H2,1-2H3;3H,1-2H3. The first-order chi connectivity index (χ1) is 7.15. The van der Waals surface area contributed by atoms with Crippen LogP contribution in [-0.4, -0.2) is 19.2 Å². The number of hydrogen-bond acceptors (Lipinski definition) is 2. The number of unbranched alkanes of at least 4 members (excludes halogenated alkanes) is 1. The van der Waals surface area contributed by atoms with Gasteiger partial charge in [-0.15, -0.1) is 0 Å². The number of nitrogens with one attached hydrogen (secondary N) is 1. The second kappa shape index (κ2) is 8.30. The van der Waals surface area contributed by atoms with E-state index in [0.717, 1.165) is 18.4 Å². The fourth-order valence-electron chi connectivity index (χ4n) is 1.28. The summed E-state index contributed by atoms with van der Waals surface area (Å²) in [5.74, 6) is 0.439. The van der Waals surface area contributed by atoms with E-state index in [2.05, 4.69) is 25.2 Å². The lowest BCUT2D eigenvalue weighted by Gasteiger charge is -2.04. The number of hydrogen-bond donors (Lipinski definition) is 2. The summed E-state index contributed by atoms with van der Waals surface area (Å²) in [6, 6.07) is 5.77. The summed E-state index contributed by atoms with van der Waals surface area (Å²) in [6.07, 6.45) is 3.31. The zero-order valence-electron chi connectivity index (χ0n) is 10.3. The van der Waals surface area contributed by atoms with E-state index in [9.17, 15) is 5.11 Å². The van der Waals surface area contributed by atoms with E-state index in [1.54, 1.807) is 6.07 Å². The van der Waals surface area contributed by atoms with Crippen molar-refractivity contribution >= 4 is 0 Å². The lowest BCUT2D eigenvalue weighted by Crippen LogP contribution is -1.89. The van der Waals surface area contributed by atoms with Crippen LogP contribution >= 0.6 is 0 Å². The van der Waals surface area contributed by atoms with Gasteiger partial charge in [-0.3, -0.25) is 0 Å². The molecule has 0 amide bonds. The molecule has 2 heteroatoms. The fraction of sp³-hybridized carbons (Fsp3) is 0.538. The molecule has 2 N–H and O–H groups in total. The largest absolute Gasteiger partial charge is 0.508 e. The van der Waals surface area contributed by atoms with Crippen LogP contribution in [0, 0.1) is 6.92 Å². The van der Waals surface area contributed by atoms with Crippen molar-refractivity contribution in [1.29, 1.82) is 0 Å². The van der Waals surface area contributed by atoms with Gasteiger partial charge in [0.2, 0.25) is 0 Å². The third-order valence-electron chi connectivity index (χ3n) is 2.03. The normalized spacial score (nSPS) is 9.33. The summed E-state index contributed by atoms with van der Waals surface area (Å²) in [6.45, 7) is 4.21. The predicted molar refractivity (Wildman–Crippen MR) is 66.4 cm³/mol. The number of aryl methyl sites for hydroxylation is 2. The fourth-order valence-corrected chi connectivity index (χ4v) is 1.28. The second-order valence-electron chi connectivity index (χ2n) is 3.74. The van der Waals surface area contributed by atoms with Gasteiger partial charge < -0.3 is 10.4 Å². The summed E-state index contributed by atoms with van der Waals surface area (Å²) in [5, 5.41) is 12.2. The molecule has 0 saturated heterocycles. The number of phenols is 1. The number of phenolic OH excluding ortho intramolecular Hbond substituents is 1. The van der Waals surface area contributed by atoms with Crippen LogP contribution < -0.4 is 5.32 Å². The highest BCUT2D eigenvalue weighted by molar-refractivity contribution is 5.35. The monoisotopic (exact) mass is 209 g/mol. The Kier molecular flexibility index (Phi) is 7.74. The predicted octanol–water partition coefficient (Wildman–Crippen LogP) is 2.88. The van der Waals surface area contributed by atoms with Gasteiger partial charge in [-0.2, -0.15) is 0 Å². The number of rotatable bonds is 3. The molecule has 0 unspecified atom stereocenters. The van der Waals surface area contributed by atoms with Crippen LogP contribution in [0.25, 0.3) is 0 Å². The van der Waals surface area contributed by atoms with Crippen molar-refractivity contribution in [2.75, 3.05) is 14.1 Å². The van der Waals surface area contributed by atoms with Gasteiger partial charge in [0.05, 0.1) is 0 Å². The van der Waals surface area contributed by atoms with Crippen molar-refractivity contribution in [3.63, 3.8) is 0 Å². The zero-order chi connectivity index (χ0) is 11.7. The topological polar surface area (TPSA) is 32.3 Å². The van der Waals surface area contributed by atoms with Crippen molar-refractivity contribution in [2.24, 2.45) is 0 Å². The molecule has 0 aliphatic heterocycles. The molecular formula is C13H23NO. The minimum absolute atomic E-state index is 0.439. The van der Waals surface area contributed by atoms with Crippen LogP contribution in [0.15, 0.2) is 18.2 Å². The maximum atomic E-state index is 9.46. The van der Waals surface area contributed by atoms with Crippen LogP contribution in [0.5, 0.6) is 5.75 Å². The van der Waals surface area contributed by atoms with Crippen molar-refractivity contribution in [2.45, 2.75) is 33.1 Å². The first-order valence-electron chi connectivity index (χ1n) is 5.52. The molecule has 1 rings (SSSR count). The highest BCUT2D eigenvalue weighted by Crippen LogP contribution is 2.19. The third-order valence-corrected chi connectivity index (χ3v) is 2.03. The molecule has 0 radical (unpaired) electrons. The quantitative estimate of drug-likeness (QED) is 0.802. The van der Waals surface area contributed by atoms with Crippen LogP contribution in [0.2, 0.25) is 0 Å². The molecule has 0 atom stereocenters. The molecule has 0 aliphatic rings. The second-order valence-corrected chi connectivity index (χ2v) is 3.74. The maximum Gasteiger partial charge on any atom is 0.118 e. The van der Waals surface area contributed by atoms with Gasteiger partial charge in [-0.05, 0) is 45.5 Å². The third kappa shape index (κ3) is 6.13. The Morgan fingerprint density at radius 3 is 2.40 bits per heavy atom. The summed E-state index contributed by atoms with van der Waals surface area (Å²) in [4.78, 5) is 0. The Hall–Kier alpha value is -1.02. The molecule has 0 saturated carbocycles. The van der Waals surface area contributed by atoms with Crippen LogP contribution in [0.1, 0.15) is 30.9 Å². The first-order valence-corrected chi connectivity index (χ1v) is 5.52. The van der Waals surface area contributed by atoms with Crippen molar-refractivity contribution < 1.29 is 5.11 Å². The van der Waals surface area contributed by atoms with Gasteiger partial charge in [0, 0.05) is 0 Å². The molecule has 15 heavy (non-hydrogen) atoms. The lowest BCUT2D eigenvalue weighted by molar-refractivity contribution is 0.466. The molecule has 0 heterocycles. The Morgan fingerprint density at radius 2 is 1.87 bits per heavy atom. The van der Waals surface area contributed by atoms with E-state index in [1.807, 2.05) is 20.2 Å². The van der Waals surface area contributed by atoms with E-state index in [0.29, 0.717) is 5.75 Å². The molecule has 2 nitrogen and oxygen atoms in total. The maximum absolute atomic E-state index is 9.46. The van der Waals surface area contributed by atoms with E-state index in [1.165, 1.54) is 12.0 Å². The number of aromatic hydroxyl groups is 1. The van der Waals surface area contributed by atoms with Gasteiger partial charge in [0.1, 0.15) is 5.75 Å². The summed E-state index contributed by atoms with van der Waals surface area (Å²) >= 11 is 0. The molecule has 0 aliphatic carbocycles. The van der Waals surface area contributed by atoms with Crippen LogP contribution in [0.3, 0.4) is 0 Å². The SMILES string of the molecule is CCCCc1cc(C)ccc1O.CNC. The van der Waals surface area contributed by atoms with Crippen molar-refractivity contribution in [1.82, 2.24) is 5.32 Å². The molecule has 0 aromatic heterocycles. The molecule has 0 bridgehead atoms. The minimum Gasteiger partial charge on any atom is -0.508 e. The summed E-state index contributed by atoms with van der Waals surface area (Å²) in [7, 11) is 3.75. The summed E-state index contributed by atoms with van der Waals surface area (Å²) in [5.41, 5.74) is 2.30. The molecule has 1 aromatic carbocycles. The Balaban J connectivity index is 0.000000583. The van der Waals surface area contributed by atoms with Crippen molar-refractivity contribution in [3.8, 4) is 5.75 Å². The van der Waals surface area contributed by atoms with Gasteiger partial charge in [-0.25, -0.2) is 0 Å². The van der Waals surface area contributed by atoms with Gasteiger partial charge >= 0.3 is 0 Å². The smallest absolute Gasteiger partial charge is 0.118 e. The average molecular weight is 209 g/mol. The molecule has 0 fully saturated rings. The van der Waals surface area contributed by atoms with Crippen molar-refractivity contribution in [3.05, 3.63) is 29.3 Å². The van der Waals surface area contributed by atoms with Gasteiger partial charge in [-0.1, -0.05) is 31.0 Å². The van der Waals surface area contributed by atoms with E-state index in [4.69, 9.17) is 0 Å². The highest BCUT2D eigenvalue weighted by atomic mass is 16.3. The highest BCUT2D eigenvalue weighted by Gasteiger charge is 1.99. The van der Waals surface area contributed by atoms with Gasteiger partial charge in [0.15, 0.2) is 0 Å². The zero-order valence-corrected chi connectivity index (χ0v) is 10.3. The minimum atomic E-state index is 0.439.